The molecule has 2 amide bonds. The van der Waals surface area contributed by atoms with Crippen molar-refractivity contribution in [1.29, 1.82) is 0 Å². The molecule has 0 aliphatic carbocycles. The number of nitrogens with zero attached hydrogens (tertiary/aromatic N) is 3. The van der Waals surface area contributed by atoms with E-state index in [9.17, 15) is 9.18 Å². The van der Waals surface area contributed by atoms with Crippen LogP contribution in [0.2, 0.25) is 0 Å². The van der Waals surface area contributed by atoms with Gasteiger partial charge in [0.2, 0.25) is 11.7 Å². The number of urea groups is 1. The molecule has 4 rings (SSSR count). The first-order valence-electron chi connectivity index (χ1n) is 8.89. The van der Waals surface area contributed by atoms with E-state index in [1.807, 2.05) is 30.3 Å². The first-order chi connectivity index (χ1) is 13.2. The number of rotatable bonds is 3. The van der Waals surface area contributed by atoms with E-state index in [1.54, 1.807) is 17.0 Å². The van der Waals surface area contributed by atoms with Crippen molar-refractivity contribution in [1.82, 2.24) is 15.0 Å². The third-order valence-electron chi connectivity index (χ3n) is 4.63. The molecular formula is C20H19FN4O2. The van der Waals surface area contributed by atoms with E-state index in [0.717, 1.165) is 18.5 Å². The first-order valence-corrected chi connectivity index (χ1v) is 8.89. The fraction of sp³-hybridized carbons (Fsp3) is 0.250. The van der Waals surface area contributed by atoms with Crippen molar-refractivity contribution in [3.05, 3.63) is 66.3 Å². The van der Waals surface area contributed by atoms with E-state index >= 15 is 0 Å². The second-order valence-corrected chi connectivity index (χ2v) is 6.54. The molecule has 0 bridgehead atoms. The number of piperidine rings is 1. The lowest BCUT2D eigenvalue weighted by molar-refractivity contribution is 0.184. The molecule has 6 nitrogen and oxygen atoms in total. The maximum atomic E-state index is 13.1. The summed E-state index contributed by atoms with van der Waals surface area (Å²) in [5.74, 6) is 0.610. The number of hydrogen-bond donors (Lipinski definition) is 1. The van der Waals surface area contributed by atoms with Gasteiger partial charge in [-0.05, 0) is 49.2 Å². The molecule has 1 aliphatic heterocycles. The molecule has 1 N–H and O–H groups in total. The summed E-state index contributed by atoms with van der Waals surface area (Å²) in [6, 6.07) is 15.2. The molecule has 0 unspecified atom stereocenters. The molecule has 1 saturated heterocycles. The molecule has 3 aromatic rings. The van der Waals surface area contributed by atoms with Crippen molar-refractivity contribution in [3.8, 4) is 11.4 Å². The highest BCUT2D eigenvalue weighted by Gasteiger charge is 2.28. The van der Waals surface area contributed by atoms with Gasteiger partial charge in [0.15, 0.2) is 0 Å². The van der Waals surface area contributed by atoms with Gasteiger partial charge in [-0.3, -0.25) is 0 Å². The number of benzene rings is 2. The van der Waals surface area contributed by atoms with Crippen LogP contribution in [-0.2, 0) is 0 Å². The Labute approximate surface area is 156 Å². The normalized spacial score (nSPS) is 16.9. The lowest BCUT2D eigenvalue weighted by atomic mass is 9.98. The molecule has 1 aliphatic rings. The Morgan fingerprint density at radius 1 is 1.15 bits per heavy atom. The minimum Gasteiger partial charge on any atom is -0.339 e. The van der Waals surface area contributed by atoms with E-state index in [4.69, 9.17) is 4.52 Å². The average Bonchev–Trinajstić information content (AvgIpc) is 3.20. The predicted molar refractivity (Wildman–Crippen MR) is 98.7 cm³/mol. The Morgan fingerprint density at radius 2 is 1.93 bits per heavy atom. The van der Waals surface area contributed by atoms with Crippen LogP contribution in [-0.4, -0.2) is 34.2 Å². The van der Waals surface area contributed by atoms with Crippen LogP contribution in [0.5, 0.6) is 0 Å². The van der Waals surface area contributed by atoms with Gasteiger partial charge in [-0.2, -0.15) is 4.98 Å². The van der Waals surface area contributed by atoms with Gasteiger partial charge in [0.05, 0.1) is 5.92 Å². The quantitative estimate of drug-likeness (QED) is 0.751. The molecule has 7 heteroatoms. The standard InChI is InChI=1S/C20H19FN4O2/c21-16-10-8-14(9-11-16)18-23-19(27-24-18)15-5-4-12-25(13-15)20(26)22-17-6-2-1-3-7-17/h1-3,6-11,15H,4-5,12-13H2,(H,22,26)/t15-/m0/s1. The van der Waals surface area contributed by atoms with Gasteiger partial charge in [0.1, 0.15) is 5.82 Å². The third-order valence-corrected chi connectivity index (χ3v) is 4.63. The fourth-order valence-electron chi connectivity index (χ4n) is 3.20. The fourth-order valence-corrected chi connectivity index (χ4v) is 3.20. The molecule has 2 heterocycles. The summed E-state index contributed by atoms with van der Waals surface area (Å²) in [4.78, 5) is 18.7. The van der Waals surface area contributed by atoms with E-state index < -0.39 is 0 Å². The topological polar surface area (TPSA) is 71.3 Å². The lowest BCUT2D eigenvalue weighted by Gasteiger charge is -2.31. The number of likely N-dealkylation sites (tertiary alicyclic amines) is 1. The maximum Gasteiger partial charge on any atom is 0.321 e. The zero-order valence-corrected chi connectivity index (χ0v) is 14.6. The highest BCUT2D eigenvalue weighted by atomic mass is 19.1. The minimum absolute atomic E-state index is 0.0121. The summed E-state index contributed by atoms with van der Waals surface area (Å²) in [6.07, 6.45) is 1.74. The van der Waals surface area contributed by atoms with Crippen LogP contribution in [0.25, 0.3) is 11.4 Å². The third kappa shape index (κ3) is 3.97. The SMILES string of the molecule is O=C(Nc1ccccc1)N1CCC[C@H](c2nc(-c3ccc(F)cc3)no2)C1. The van der Waals surface area contributed by atoms with Gasteiger partial charge < -0.3 is 14.7 Å². The second-order valence-electron chi connectivity index (χ2n) is 6.54. The summed E-state index contributed by atoms with van der Waals surface area (Å²) in [5.41, 5.74) is 1.46. The Kier molecular flexibility index (Phi) is 4.82. The Balaban J connectivity index is 1.44. The van der Waals surface area contributed by atoms with Crippen LogP contribution >= 0.6 is 0 Å². The second kappa shape index (κ2) is 7.57. The van der Waals surface area contributed by atoms with Crippen molar-refractivity contribution < 1.29 is 13.7 Å². The van der Waals surface area contributed by atoms with Crippen LogP contribution < -0.4 is 5.32 Å². The number of carbonyl (C=O) groups is 1. The van der Waals surface area contributed by atoms with Crippen LogP contribution in [0.15, 0.2) is 59.1 Å². The predicted octanol–water partition coefficient (Wildman–Crippen LogP) is 4.29. The summed E-state index contributed by atoms with van der Waals surface area (Å²) in [6.45, 7) is 1.21. The first kappa shape index (κ1) is 17.2. The molecular weight excluding hydrogens is 347 g/mol. The number of aromatic nitrogens is 2. The Morgan fingerprint density at radius 3 is 2.70 bits per heavy atom. The largest absolute Gasteiger partial charge is 0.339 e. The molecule has 2 aromatic carbocycles. The number of anilines is 1. The Hall–Kier alpha value is -3.22. The van der Waals surface area contributed by atoms with Crippen LogP contribution in [0.1, 0.15) is 24.7 Å². The highest BCUT2D eigenvalue weighted by Crippen LogP contribution is 2.28. The van der Waals surface area contributed by atoms with Gasteiger partial charge in [0, 0.05) is 24.3 Å². The smallest absolute Gasteiger partial charge is 0.321 e. The number of carbonyl (C=O) groups excluding carboxylic acids is 1. The van der Waals surface area contributed by atoms with Gasteiger partial charge in [-0.25, -0.2) is 9.18 Å². The minimum atomic E-state index is -0.310. The molecule has 27 heavy (non-hydrogen) atoms. The number of para-hydroxylation sites is 1. The van der Waals surface area contributed by atoms with Crippen molar-refractivity contribution >= 4 is 11.7 Å². The molecule has 138 valence electrons. The molecule has 0 radical (unpaired) electrons. The van der Waals surface area contributed by atoms with E-state index in [1.165, 1.54) is 12.1 Å². The number of nitrogens with one attached hydrogen (secondary N) is 1. The summed E-state index contributed by atoms with van der Waals surface area (Å²) in [5, 5.41) is 6.91. The van der Waals surface area contributed by atoms with Gasteiger partial charge in [-0.15, -0.1) is 0 Å². The van der Waals surface area contributed by atoms with E-state index in [2.05, 4.69) is 15.5 Å². The van der Waals surface area contributed by atoms with Gasteiger partial charge >= 0.3 is 6.03 Å². The summed E-state index contributed by atoms with van der Waals surface area (Å²) >= 11 is 0. The summed E-state index contributed by atoms with van der Waals surface area (Å²) < 4.78 is 18.5. The monoisotopic (exact) mass is 366 g/mol. The maximum absolute atomic E-state index is 13.1. The molecule has 1 atom stereocenters. The van der Waals surface area contributed by atoms with Crippen molar-refractivity contribution in [3.63, 3.8) is 0 Å². The van der Waals surface area contributed by atoms with Crippen LogP contribution in [0, 0.1) is 5.82 Å². The van der Waals surface area contributed by atoms with Gasteiger partial charge in [0.25, 0.3) is 0 Å². The number of hydrogen-bond acceptors (Lipinski definition) is 4. The van der Waals surface area contributed by atoms with E-state index in [0.29, 0.717) is 30.4 Å². The number of halogens is 1. The van der Waals surface area contributed by atoms with Crippen molar-refractivity contribution in [2.75, 3.05) is 18.4 Å². The zero-order chi connectivity index (χ0) is 18.6. The molecule has 0 saturated carbocycles. The van der Waals surface area contributed by atoms with Crippen LogP contribution in [0.4, 0.5) is 14.9 Å². The van der Waals surface area contributed by atoms with Gasteiger partial charge in [-0.1, -0.05) is 23.4 Å². The molecule has 1 aromatic heterocycles. The average molecular weight is 366 g/mol. The molecule has 0 spiro atoms. The van der Waals surface area contributed by atoms with Crippen LogP contribution in [0.3, 0.4) is 0 Å². The van der Waals surface area contributed by atoms with Crippen molar-refractivity contribution in [2.45, 2.75) is 18.8 Å². The molecule has 1 fully saturated rings. The van der Waals surface area contributed by atoms with Crippen molar-refractivity contribution in [2.24, 2.45) is 0 Å². The van der Waals surface area contributed by atoms with E-state index in [-0.39, 0.29) is 17.8 Å². The zero-order valence-electron chi connectivity index (χ0n) is 14.6. The highest BCUT2D eigenvalue weighted by molar-refractivity contribution is 5.89. The summed E-state index contributed by atoms with van der Waals surface area (Å²) in [7, 11) is 0. The lowest BCUT2D eigenvalue weighted by Crippen LogP contribution is -2.41. The Bertz CT molecular complexity index is 911. The number of amides is 2.